The van der Waals surface area contributed by atoms with E-state index in [1.165, 1.54) is 0 Å². The summed E-state index contributed by atoms with van der Waals surface area (Å²) < 4.78 is 22.2. The van der Waals surface area contributed by atoms with Crippen LogP contribution >= 0.6 is 0 Å². The molecule has 0 bridgehead atoms. The van der Waals surface area contributed by atoms with Crippen LogP contribution in [0.3, 0.4) is 0 Å². The molecular weight excluding hydrogens is 382 g/mol. The van der Waals surface area contributed by atoms with Gasteiger partial charge in [-0.05, 0) is 41.8 Å². The normalized spacial score (nSPS) is 15.1. The van der Waals surface area contributed by atoms with Crippen LogP contribution in [0.15, 0.2) is 29.8 Å². The molecule has 30 heavy (non-hydrogen) atoms. The number of nitriles is 2. The number of hydrogen-bond acceptors (Lipinski definition) is 7. The van der Waals surface area contributed by atoms with Crippen LogP contribution in [0.2, 0.25) is 0 Å². The number of benzene rings is 2. The lowest BCUT2D eigenvalue weighted by atomic mass is 9.87. The van der Waals surface area contributed by atoms with Gasteiger partial charge >= 0.3 is 0 Å². The van der Waals surface area contributed by atoms with E-state index in [0.717, 1.165) is 34.6 Å². The molecule has 3 aliphatic heterocycles. The van der Waals surface area contributed by atoms with E-state index in [0.29, 0.717) is 35.1 Å². The molecule has 5 rings (SSSR count). The fourth-order valence-electron chi connectivity index (χ4n) is 4.30. The first kappa shape index (κ1) is 18.0. The van der Waals surface area contributed by atoms with E-state index in [4.69, 9.17) is 18.9 Å². The van der Waals surface area contributed by atoms with E-state index in [1.54, 1.807) is 14.2 Å². The number of nitrogens with zero attached hydrogens (tertiary/aromatic N) is 3. The van der Waals surface area contributed by atoms with Crippen molar-refractivity contribution in [2.45, 2.75) is 6.42 Å². The molecule has 3 heterocycles. The number of rotatable bonds is 2. The van der Waals surface area contributed by atoms with Gasteiger partial charge in [0.25, 0.3) is 0 Å². The van der Waals surface area contributed by atoms with Gasteiger partial charge in [0.2, 0.25) is 6.79 Å². The molecule has 0 unspecified atom stereocenters. The quantitative estimate of drug-likeness (QED) is 0.714. The Labute approximate surface area is 173 Å². The maximum atomic E-state index is 9.72. The number of methoxy groups -OCH3 is 2. The Morgan fingerprint density at radius 2 is 1.83 bits per heavy atom. The lowest BCUT2D eigenvalue weighted by Crippen LogP contribution is -2.31. The van der Waals surface area contributed by atoms with Gasteiger partial charge in [-0.15, -0.1) is 0 Å². The van der Waals surface area contributed by atoms with Crippen molar-refractivity contribution in [3.8, 4) is 35.1 Å². The van der Waals surface area contributed by atoms with Crippen molar-refractivity contribution < 1.29 is 18.9 Å². The van der Waals surface area contributed by atoms with Gasteiger partial charge in [-0.3, -0.25) is 0 Å². The second-order valence-electron chi connectivity index (χ2n) is 7.01. The van der Waals surface area contributed by atoms with E-state index in [9.17, 15) is 10.5 Å². The average Bonchev–Trinajstić information content (AvgIpc) is 3.24. The number of allylic oxidation sites excluding steroid dienone is 1. The first-order valence-electron chi connectivity index (χ1n) is 9.42. The van der Waals surface area contributed by atoms with Gasteiger partial charge in [-0.1, -0.05) is 6.07 Å². The largest absolute Gasteiger partial charge is 0.493 e. The van der Waals surface area contributed by atoms with E-state index >= 15 is 0 Å². The maximum absolute atomic E-state index is 9.72. The summed E-state index contributed by atoms with van der Waals surface area (Å²) in [6, 6.07) is 11.8. The van der Waals surface area contributed by atoms with Crippen LogP contribution in [0, 0.1) is 22.7 Å². The van der Waals surface area contributed by atoms with Crippen LogP contribution in [0.25, 0.3) is 17.5 Å². The Balaban J connectivity index is 1.82. The molecule has 0 N–H and O–H groups in total. The van der Waals surface area contributed by atoms with Crippen LogP contribution < -0.4 is 18.9 Å². The van der Waals surface area contributed by atoms with Gasteiger partial charge in [0.1, 0.15) is 12.1 Å². The van der Waals surface area contributed by atoms with E-state index in [-0.39, 0.29) is 12.4 Å². The van der Waals surface area contributed by atoms with Crippen molar-refractivity contribution in [2.24, 2.45) is 0 Å². The fraction of sp³-hybridized carbons (Fsp3) is 0.217. The van der Waals surface area contributed by atoms with Gasteiger partial charge in [-0.25, -0.2) is 0 Å². The Morgan fingerprint density at radius 1 is 1.07 bits per heavy atom. The second kappa shape index (κ2) is 6.75. The predicted octanol–water partition coefficient (Wildman–Crippen LogP) is 3.56. The summed E-state index contributed by atoms with van der Waals surface area (Å²) in [5.74, 6) is 2.48. The zero-order valence-corrected chi connectivity index (χ0v) is 16.5. The smallest absolute Gasteiger partial charge is 0.231 e. The first-order chi connectivity index (χ1) is 14.7. The van der Waals surface area contributed by atoms with Crippen molar-refractivity contribution >= 4 is 17.5 Å². The zero-order valence-electron chi connectivity index (χ0n) is 16.5. The summed E-state index contributed by atoms with van der Waals surface area (Å²) in [5.41, 5.74) is 5.14. The second-order valence-corrected chi connectivity index (χ2v) is 7.01. The van der Waals surface area contributed by atoms with Crippen LogP contribution in [-0.2, 0) is 6.42 Å². The topological polar surface area (TPSA) is 87.7 Å². The lowest BCUT2D eigenvalue weighted by Gasteiger charge is -2.39. The summed E-state index contributed by atoms with van der Waals surface area (Å²) in [6.07, 6.45) is 2.78. The fourth-order valence-corrected chi connectivity index (χ4v) is 4.30. The minimum atomic E-state index is 0.0256. The molecule has 7 nitrogen and oxygen atoms in total. The molecule has 0 saturated carbocycles. The lowest BCUT2D eigenvalue weighted by molar-refractivity contribution is 0.174. The zero-order chi connectivity index (χ0) is 20.8. The summed E-state index contributed by atoms with van der Waals surface area (Å²) in [6.45, 7) is 0.819. The van der Waals surface area contributed by atoms with Crippen LogP contribution in [0.5, 0.6) is 23.0 Å². The highest BCUT2D eigenvalue weighted by molar-refractivity contribution is 5.99. The standard InChI is InChI=1S/C23H17N3O4/c1-27-18-4-3-14-7-17-16-9-20-19(29-12-30-20)8-13(16)5-6-26(17)22(15(10-24)11-25)21(14)23(18)28-2/h3-4,7-9H,5-6,12H2,1-2H3. The van der Waals surface area contributed by atoms with Crippen LogP contribution in [0.4, 0.5) is 0 Å². The van der Waals surface area contributed by atoms with E-state index in [2.05, 4.69) is 12.1 Å². The molecule has 3 aliphatic rings. The summed E-state index contributed by atoms with van der Waals surface area (Å²) in [7, 11) is 3.12. The van der Waals surface area contributed by atoms with Gasteiger partial charge in [0.15, 0.2) is 28.6 Å². The molecule has 2 aromatic rings. The van der Waals surface area contributed by atoms with E-state index < -0.39 is 0 Å². The molecule has 0 aliphatic carbocycles. The molecule has 0 fully saturated rings. The van der Waals surface area contributed by atoms with Crippen molar-refractivity contribution in [2.75, 3.05) is 27.6 Å². The molecule has 0 saturated heterocycles. The summed E-state index contributed by atoms with van der Waals surface area (Å²) in [4.78, 5) is 2.01. The molecule has 7 heteroatoms. The minimum absolute atomic E-state index is 0.0256. The van der Waals surface area contributed by atoms with Gasteiger partial charge in [0, 0.05) is 17.8 Å². The van der Waals surface area contributed by atoms with Crippen LogP contribution in [0.1, 0.15) is 22.3 Å². The molecule has 0 aromatic heterocycles. The third-order valence-electron chi connectivity index (χ3n) is 5.61. The highest BCUT2D eigenvalue weighted by Gasteiger charge is 2.35. The van der Waals surface area contributed by atoms with Crippen molar-refractivity contribution in [1.29, 1.82) is 10.5 Å². The third kappa shape index (κ3) is 2.42. The molecule has 0 spiro atoms. The molecule has 0 radical (unpaired) electrons. The summed E-state index contributed by atoms with van der Waals surface area (Å²) in [5, 5.41) is 19.4. The Bertz CT molecular complexity index is 1210. The number of fused-ring (bicyclic) bond motifs is 5. The molecular formula is C23H17N3O4. The molecule has 2 aromatic carbocycles. The monoisotopic (exact) mass is 399 g/mol. The minimum Gasteiger partial charge on any atom is -0.493 e. The maximum Gasteiger partial charge on any atom is 0.231 e. The average molecular weight is 399 g/mol. The van der Waals surface area contributed by atoms with E-state index in [1.807, 2.05) is 35.2 Å². The predicted molar refractivity (Wildman–Crippen MR) is 109 cm³/mol. The Hall–Kier alpha value is -4.10. The Kier molecular flexibility index (Phi) is 4.04. The van der Waals surface area contributed by atoms with Crippen molar-refractivity contribution in [1.82, 2.24) is 4.90 Å². The SMILES string of the molecule is COc1ccc2c(c1OC)C(=C(C#N)C#N)N1CCc3cc4c(cc3C1=C2)OCO4. The van der Waals surface area contributed by atoms with Crippen molar-refractivity contribution in [3.63, 3.8) is 0 Å². The highest BCUT2D eigenvalue weighted by Crippen LogP contribution is 2.50. The van der Waals surface area contributed by atoms with Gasteiger partial charge in [0.05, 0.1) is 25.5 Å². The molecule has 0 atom stereocenters. The Morgan fingerprint density at radius 3 is 2.53 bits per heavy atom. The van der Waals surface area contributed by atoms with Gasteiger partial charge < -0.3 is 23.8 Å². The third-order valence-corrected chi connectivity index (χ3v) is 5.61. The highest BCUT2D eigenvalue weighted by atomic mass is 16.7. The summed E-state index contributed by atoms with van der Waals surface area (Å²) >= 11 is 0. The van der Waals surface area contributed by atoms with Crippen LogP contribution in [-0.4, -0.2) is 32.5 Å². The molecule has 0 amide bonds. The van der Waals surface area contributed by atoms with Gasteiger partial charge in [-0.2, -0.15) is 10.5 Å². The van der Waals surface area contributed by atoms with Crippen molar-refractivity contribution in [3.05, 3.63) is 52.1 Å². The number of ether oxygens (including phenoxy) is 4. The molecule has 148 valence electrons. The first-order valence-corrected chi connectivity index (χ1v) is 9.42. The number of hydrogen-bond donors (Lipinski definition) is 0.